The summed E-state index contributed by atoms with van der Waals surface area (Å²) in [4.78, 5) is 11.9. The standard InChI is InChI=1S/C40H72O2/c1-3-5-7-9-11-13-15-17-19-21-23-25-27-29-31-33-35-37-39-38(40(41)42-39)36-34-32-30-28-26-24-22-20-18-16-14-12-10-8-6-4-2/h33-38H,3-32H2,1-2H3. The predicted molar refractivity (Wildman–Crippen MR) is 186 cm³/mol. The summed E-state index contributed by atoms with van der Waals surface area (Å²) in [5.41, 5.74) is 0. The molecule has 0 aromatic heterocycles. The lowest BCUT2D eigenvalue weighted by molar-refractivity contribution is -0.154. The van der Waals surface area contributed by atoms with E-state index < -0.39 is 0 Å². The molecule has 0 aliphatic carbocycles. The van der Waals surface area contributed by atoms with Gasteiger partial charge in [-0.25, -0.2) is 0 Å². The quantitative estimate of drug-likeness (QED) is 0.0446. The lowest BCUT2D eigenvalue weighted by atomic mass is 10.00. The van der Waals surface area contributed by atoms with Gasteiger partial charge in [0.15, 0.2) is 0 Å². The highest BCUT2D eigenvalue weighted by Crippen LogP contribution is 2.28. The van der Waals surface area contributed by atoms with Crippen molar-refractivity contribution in [3.63, 3.8) is 0 Å². The molecule has 1 aliphatic rings. The topological polar surface area (TPSA) is 26.3 Å². The fraction of sp³-hybridized carbons (Fsp3) is 0.825. The summed E-state index contributed by atoms with van der Waals surface area (Å²) >= 11 is 0. The molecule has 0 spiro atoms. The van der Waals surface area contributed by atoms with Crippen LogP contribution in [0.1, 0.15) is 206 Å². The van der Waals surface area contributed by atoms with Crippen molar-refractivity contribution in [2.75, 3.05) is 0 Å². The van der Waals surface area contributed by atoms with Crippen molar-refractivity contribution in [3.05, 3.63) is 36.1 Å². The molecule has 42 heavy (non-hydrogen) atoms. The van der Waals surface area contributed by atoms with Crippen molar-refractivity contribution in [1.29, 1.82) is 0 Å². The fourth-order valence-electron chi connectivity index (χ4n) is 6.02. The van der Waals surface area contributed by atoms with Crippen LogP contribution in [-0.4, -0.2) is 5.97 Å². The van der Waals surface area contributed by atoms with Crippen molar-refractivity contribution in [2.45, 2.75) is 206 Å². The maximum Gasteiger partial charge on any atom is 0.325 e. The Morgan fingerprint density at radius 1 is 0.476 bits per heavy atom. The molecule has 0 aromatic carbocycles. The molecule has 1 aliphatic heterocycles. The molecule has 2 heteroatoms. The van der Waals surface area contributed by atoms with Gasteiger partial charge in [-0.05, 0) is 31.8 Å². The van der Waals surface area contributed by atoms with Gasteiger partial charge in [-0.2, -0.15) is 0 Å². The summed E-state index contributed by atoms with van der Waals surface area (Å²) in [6, 6.07) is 0. The Kier molecular flexibility index (Phi) is 28.7. The Morgan fingerprint density at radius 3 is 1.17 bits per heavy atom. The number of hydrogen-bond acceptors (Lipinski definition) is 2. The summed E-state index contributed by atoms with van der Waals surface area (Å²) in [5, 5.41) is 0. The Bertz CT molecular complexity index is 673. The number of esters is 1. The van der Waals surface area contributed by atoms with Crippen molar-refractivity contribution in [2.24, 2.45) is 5.92 Å². The molecule has 1 rings (SSSR count). The van der Waals surface area contributed by atoms with Crippen LogP contribution in [0.2, 0.25) is 0 Å². The number of allylic oxidation sites excluding steroid dienone is 4. The van der Waals surface area contributed by atoms with Crippen LogP contribution in [0.25, 0.3) is 0 Å². The first kappa shape index (κ1) is 38.7. The van der Waals surface area contributed by atoms with Crippen LogP contribution >= 0.6 is 0 Å². The third kappa shape index (κ3) is 24.2. The van der Waals surface area contributed by atoms with Gasteiger partial charge in [0.2, 0.25) is 0 Å². The third-order valence-electron chi connectivity index (χ3n) is 8.95. The van der Waals surface area contributed by atoms with E-state index in [1.54, 1.807) is 0 Å². The smallest absolute Gasteiger partial charge is 0.325 e. The number of carbonyl (C=O) groups is 1. The minimum Gasteiger partial charge on any atom is -0.429 e. The Balaban J connectivity index is 1.90. The van der Waals surface area contributed by atoms with Crippen molar-refractivity contribution in [1.82, 2.24) is 0 Å². The zero-order valence-electron chi connectivity index (χ0n) is 28.5. The maximum absolute atomic E-state index is 11.9. The van der Waals surface area contributed by atoms with Gasteiger partial charge in [0, 0.05) is 0 Å². The highest BCUT2D eigenvalue weighted by Gasteiger charge is 2.34. The SMILES string of the molecule is CCCCCCCCCCCCCCCCC=CC=C1OC(=O)C1C=CCCCCCCCCCCCCCCCC. The first-order valence-corrected chi connectivity index (χ1v) is 19.0. The molecule has 0 aromatic rings. The van der Waals surface area contributed by atoms with Crippen molar-refractivity contribution >= 4 is 5.97 Å². The van der Waals surface area contributed by atoms with E-state index >= 15 is 0 Å². The van der Waals surface area contributed by atoms with Crippen LogP contribution in [-0.2, 0) is 9.53 Å². The number of rotatable bonds is 32. The van der Waals surface area contributed by atoms with Crippen LogP contribution in [0, 0.1) is 5.92 Å². The van der Waals surface area contributed by atoms with Crippen LogP contribution in [0.4, 0.5) is 0 Å². The van der Waals surface area contributed by atoms with Gasteiger partial charge in [0.1, 0.15) is 11.7 Å². The Hall–Kier alpha value is -1.31. The summed E-state index contributed by atoms with van der Waals surface area (Å²) < 4.78 is 5.28. The van der Waals surface area contributed by atoms with Gasteiger partial charge in [0.25, 0.3) is 0 Å². The van der Waals surface area contributed by atoms with Gasteiger partial charge in [-0.15, -0.1) is 0 Å². The minimum atomic E-state index is -0.151. The number of ether oxygens (including phenoxy) is 1. The summed E-state index contributed by atoms with van der Waals surface area (Å²) in [6.07, 6.45) is 51.9. The molecule has 1 heterocycles. The molecular weight excluding hydrogens is 512 g/mol. The van der Waals surface area contributed by atoms with Crippen LogP contribution in [0.5, 0.6) is 0 Å². The summed E-state index contributed by atoms with van der Waals surface area (Å²) in [6.45, 7) is 4.58. The van der Waals surface area contributed by atoms with Gasteiger partial charge in [-0.1, -0.05) is 205 Å². The van der Waals surface area contributed by atoms with Gasteiger partial charge in [0.05, 0.1) is 0 Å². The zero-order valence-corrected chi connectivity index (χ0v) is 28.5. The van der Waals surface area contributed by atoms with E-state index in [2.05, 4.69) is 38.2 Å². The van der Waals surface area contributed by atoms with Crippen molar-refractivity contribution < 1.29 is 9.53 Å². The summed E-state index contributed by atoms with van der Waals surface area (Å²) in [7, 11) is 0. The number of carbonyl (C=O) groups excluding carboxylic acids is 1. The third-order valence-corrected chi connectivity index (χ3v) is 8.95. The molecule has 2 nitrogen and oxygen atoms in total. The van der Waals surface area contributed by atoms with Crippen LogP contribution in [0.3, 0.4) is 0 Å². The highest BCUT2D eigenvalue weighted by molar-refractivity contribution is 5.85. The second-order valence-corrected chi connectivity index (χ2v) is 13.1. The van der Waals surface area contributed by atoms with Gasteiger partial charge < -0.3 is 4.74 Å². The van der Waals surface area contributed by atoms with E-state index in [0.717, 1.165) is 18.6 Å². The molecular formula is C40H72O2. The minimum absolute atomic E-state index is 0.0983. The molecule has 1 atom stereocenters. The van der Waals surface area contributed by atoms with E-state index in [1.807, 2.05) is 6.08 Å². The number of cyclic esters (lactones) is 1. The van der Waals surface area contributed by atoms with Crippen LogP contribution in [0.15, 0.2) is 36.1 Å². The Morgan fingerprint density at radius 2 is 0.810 bits per heavy atom. The largest absolute Gasteiger partial charge is 0.429 e. The Labute approximate surface area is 263 Å². The molecule has 0 amide bonds. The van der Waals surface area contributed by atoms with Gasteiger partial charge in [-0.3, -0.25) is 4.79 Å². The second-order valence-electron chi connectivity index (χ2n) is 13.1. The average Bonchev–Trinajstić information content (AvgIpc) is 2.99. The first-order valence-electron chi connectivity index (χ1n) is 19.0. The molecule has 244 valence electrons. The maximum atomic E-state index is 11.9. The van der Waals surface area contributed by atoms with E-state index in [-0.39, 0.29) is 11.9 Å². The second kappa shape index (κ2) is 31.1. The normalized spacial score (nSPS) is 16.2. The molecule has 0 radical (unpaired) electrons. The zero-order chi connectivity index (χ0) is 30.2. The van der Waals surface area contributed by atoms with Gasteiger partial charge >= 0.3 is 5.97 Å². The van der Waals surface area contributed by atoms with E-state index in [1.165, 1.54) is 180 Å². The van der Waals surface area contributed by atoms with E-state index in [4.69, 9.17) is 4.74 Å². The van der Waals surface area contributed by atoms with Crippen molar-refractivity contribution in [3.8, 4) is 0 Å². The van der Waals surface area contributed by atoms with E-state index in [9.17, 15) is 4.79 Å². The predicted octanol–water partition coefficient (Wildman–Crippen LogP) is 13.9. The molecule has 1 saturated heterocycles. The fourth-order valence-corrected chi connectivity index (χ4v) is 6.02. The average molecular weight is 585 g/mol. The number of unbranched alkanes of at least 4 members (excludes halogenated alkanes) is 28. The first-order chi connectivity index (χ1) is 20.8. The van der Waals surface area contributed by atoms with Crippen LogP contribution < -0.4 is 0 Å². The molecule has 1 fully saturated rings. The van der Waals surface area contributed by atoms with E-state index in [0.29, 0.717) is 0 Å². The molecule has 0 saturated carbocycles. The molecule has 0 N–H and O–H groups in total. The molecule has 0 bridgehead atoms. The monoisotopic (exact) mass is 585 g/mol. The lowest BCUT2D eigenvalue weighted by Gasteiger charge is -2.24. The molecule has 1 unspecified atom stereocenters. The number of hydrogen-bond donors (Lipinski definition) is 0. The lowest BCUT2D eigenvalue weighted by Crippen LogP contribution is -2.30. The summed E-state index contributed by atoms with van der Waals surface area (Å²) in [5.74, 6) is 0.565. The highest BCUT2D eigenvalue weighted by atomic mass is 16.6.